The van der Waals surface area contributed by atoms with Crippen LogP contribution in [-0.4, -0.2) is 71.8 Å². The summed E-state index contributed by atoms with van der Waals surface area (Å²) in [4.78, 5) is 26.1. The normalized spacial score (nSPS) is 16.3. The lowest BCUT2D eigenvalue weighted by atomic mass is 9.90. The Morgan fingerprint density at radius 1 is 0.783 bits per heavy atom. The summed E-state index contributed by atoms with van der Waals surface area (Å²) in [7, 11) is -8.79. The van der Waals surface area contributed by atoms with Crippen LogP contribution in [0.1, 0.15) is 60.8 Å². The average Bonchev–Trinajstić information content (AvgIpc) is 2.99. The molecule has 256 valence electrons. The van der Waals surface area contributed by atoms with Crippen molar-refractivity contribution in [1.82, 2.24) is 10.2 Å². The van der Waals surface area contributed by atoms with Crippen LogP contribution < -0.4 is 5.32 Å². The number of nitrogens with zero attached hydrogens (tertiary/aromatic N) is 1. The van der Waals surface area contributed by atoms with Crippen LogP contribution in [0.2, 0.25) is 0 Å². The molecule has 2 saturated heterocycles. The number of likely N-dealkylation sites (tertiary alicyclic amines) is 1. The van der Waals surface area contributed by atoms with Gasteiger partial charge in [-0.2, -0.15) is 16.8 Å². The van der Waals surface area contributed by atoms with Crippen LogP contribution in [0, 0.1) is 25.7 Å². The quantitative estimate of drug-likeness (QED) is 0.295. The zero-order valence-corrected chi connectivity index (χ0v) is 28.6. The Balaban J connectivity index is 0.000000280. The third-order valence-electron chi connectivity index (χ3n) is 8.09. The number of nitrogens with one attached hydrogen (secondary N) is 1. The number of benzene rings is 2. The van der Waals surface area contributed by atoms with Crippen molar-refractivity contribution < 1.29 is 34.2 Å². The number of halogens is 2. The first-order valence-electron chi connectivity index (χ1n) is 15.7. The Labute approximate surface area is 274 Å². The van der Waals surface area contributed by atoms with E-state index < -0.39 is 26.2 Å². The first kappa shape index (κ1) is 39.4. The predicted molar refractivity (Wildman–Crippen MR) is 179 cm³/mol. The van der Waals surface area contributed by atoms with Gasteiger partial charge in [-0.1, -0.05) is 66.2 Å². The van der Waals surface area contributed by atoms with Gasteiger partial charge in [0.2, 0.25) is 0 Å². The highest BCUT2D eigenvalue weighted by Gasteiger charge is 2.22. The van der Waals surface area contributed by atoms with E-state index in [-0.39, 0.29) is 17.7 Å². The maximum Gasteiger partial charge on any atom is 0.324 e. The number of Topliss-reactive ketones (excluding diaryl/α,β-unsaturated/α-hetero) is 2. The molecule has 8 nitrogen and oxygen atoms in total. The van der Waals surface area contributed by atoms with E-state index >= 15 is 0 Å². The molecule has 0 unspecified atom stereocenters. The third-order valence-corrected chi connectivity index (χ3v) is 9.16. The first-order chi connectivity index (χ1) is 21.6. The summed E-state index contributed by atoms with van der Waals surface area (Å²) in [6.07, 6.45) is 6.45. The molecule has 2 aromatic carbocycles. The van der Waals surface area contributed by atoms with Gasteiger partial charge in [0.25, 0.3) is 0 Å². The maximum atomic E-state index is 12.5. The fourth-order valence-corrected chi connectivity index (χ4v) is 5.87. The Morgan fingerprint density at radius 3 is 1.54 bits per heavy atom. The number of carbonyl (C=O) groups excluding carboxylic acids is 2. The first-order valence-corrected chi connectivity index (χ1v) is 18.7. The second-order valence-electron chi connectivity index (χ2n) is 12.2. The van der Waals surface area contributed by atoms with Crippen molar-refractivity contribution in [3.63, 3.8) is 0 Å². The minimum atomic E-state index is -4.40. The highest BCUT2D eigenvalue weighted by molar-refractivity contribution is 7.89. The largest absolute Gasteiger partial charge is 0.324 e. The fraction of sp³-hybridized carbons (Fsp3) is 0.529. The van der Waals surface area contributed by atoms with Crippen LogP contribution in [0.15, 0.2) is 60.5 Å². The summed E-state index contributed by atoms with van der Waals surface area (Å²) in [6.45, 7) is 10.6. The van der Waals surface area contributed by atoms with Crippen molar-refractivity contribution in [2.45, 2.75) is 65.2 Å². The highest BCUT2D eigenvalue weighted by Crippen LogP contribution is 2.22. The Kier molecular flexibility index (Phi) is 16.9. The summed E-state index contributed by atoms with van der Waals surface area (Å²) >= 11 is 0. The van der Waals surface area contributed by atoms with Crippen molar-refractivity contribution >= 4 is 32.0 Å². The number of piperidine rings is 2. The van der Waals surface area contributed by atoms with Gasteiger partial charge in [0.15, 0.2) is 0 Å². The molecule has 0 saturated carbocycles. The van der Waals surface area contributed by atoms with Gasteiger partial charge in [0.1, 0.15) is 11.6 Å². The predicted octanol–water partition coefficient (Wildman–Crippen LogP) is 5.43. The van der Waals surface area contributed by atoms with Crippen molar-refractivity contribution in [2.75, 3.05) is 38.5 Å². The Morgan fingerprint density at radius 2 is 1.17 bits per heavy atom. The lowest BCUT2D eigenvalue weighted by Crippen LogP contribution is -2.37. The van der Waals surface area contributed by atoms with E-state index in [9.17, 15) is 34.2 Å². The molecule has 12 heteroatoms. The molecule has 0 amide bonds. The molecule has 2 heterocycles. The highest BCUT2D eigenvalue weighted by atomic mass is 32.3. The molecule has 0 radical (unpaired) electrons. The molecule has 2 fully saturated rings. The third kappa shape index (κ3) is 18.4. The second-order valence-corrected chi connectivity index (χ2v) is 14.9. The van der Waals surface area contributed by atoms with Gasteiger partial charge >= 0.3 is 20.4 Å². The molecule has 46 heavy (non-hydrogen) atoms. The molecule has 0 bridgehead atoms. The summed E-state index contributed by atoms with van der Waals surface area (Å²) < 4.78 is 63.0. The monoisotopic (exact) mass is 682 g/mol. The van der Waals surface area contributed by atoms with Crippen LogP contribution in [0.3, 0.4) is 0 Å². The minimum absolute atomic E-state index is 0.239. The van der Waals surface area contributed by atoms with Crippen molar-refractivity contribution in [1.29, 1.82) is 0 Å². The van der Waals surface area contributed by atoms with Crippen molar-refractivity contribution in [3.8, 4) is 0 Å². The van der Waals surface area contributed by atoms with E-state index in [1.54, 1.807) is 0 Å². The van der Waals surface area contributed by atoms with Gasteiger partial charge in [0, 0.05) is 32.2 Å². The summed E-state index contributed by atoms with van der Waals surface area (Å²) in [5, 5.41) is 3.58. The summed E-state index contributed by atoms with van der Waals surface area (Å²) in [6, 6.07) is 16.3. The SMILES string of the molecule is C=CS(=O)(=O)F.Cc1ccc(CC(=O)CC2CCN(CCS(=O)(=O)F)CC2)cc1.Cc1ccc(CC(=O)CC2CCNCC2)cc1. The van der Waals surface area contributed by atoms with E-state index in [1.165, 1.54) is 11.1 Å². The van der Waals surface area contributed by atoms with Gasteiger partial charge in [-0.15, -0.1) is 7.77 Å². The Bertz CT molecular complexity index is 1440. The van der Waals surface area contributed by atoms with Gasteiger partial charge < -0.3 is 10.2 Å². The molecular weight excluding hydrogens is 635 g/mol. The minimum Gasteiger partial charge on any atom is -0.317 e. The van der Waals surface area contributed by atoms with Crippen LogP contribution >= 0.6 is 0 Å². The summed E-state index contributed by atoms with van der Waals surface area (Å²) in [5.41, 5.74) is 4.63. The van der Waals surface area contributed by atoms with Crippen LogP contribution in [-0.2, 0) is 42.9 Å². The molecule has 0 aliphatic carbocycles. The average molecular weight is 683 g/mol. The van der Waals surface area contributed by atoms with E-state index in [0.717, 1.165) is 69.4 Å². The van der Waals surface area contributed by atoms with Crippen molar-refractivity contribution in [2.24, 2.45) is 11.8 Å². The standard InChI is InChI=1S/C17H24FNO3S.C15H21NO.C2H3FO2S/c1-14-2-4-15(5-3-14)12-17(20)13-16-6-8-19(9-7-16)10-11-23(18,21)22;1-12-2-4-13(5-3-12)10-15(17)11-14-6-8-16-9-7-14;1-2-6(3,4)5/h2-5,16H,6-13H2,1H3;2-5,14,16H,6-11H2,1H3;2H,1H2. The second kappa shape index (κ2) is 19.8. The van der Waals surface area contributed by atoms with Gasteiger partial charge in [-0.05, 0) is 88.7 Å². The van der Waals surface area contributed by atoms with Gasteiger partial charge in [-0.3, -0.25) is 9.59 Å². The van der Waals surface area contributed by atoms with Crippen LogP contribution in [0.5, 0.6) is 0 Å². The lowest BCUT2D eigenvalue weighted by molar-refractivity contribution is -0.120. The summed E-state index contributed by atoms with van der Waals surface area (Å²) in [5.74, 6) is 1.16. The number of carbonyl (C=O) groups is 2. The molecule has 2 aliphatic rings. The number of ketones is 2. The van der Waals surface area contributed by atoms with Crippen LogP contribution in [0.4, 0.5) is 7.77 Å². The zero-order chi connectivity index (χ0) is 34.2. The lowest BCUT2D eigenvalue weighted by Gasteiger charge is -2.31. The van der Waals surface area contributed by atoms with Crippen molar-refractivity contribution in [3.05, 3.63) is 82.8 Å². The van der Waals surface area contributed by atoms with E-state index in [4.69, 9.17) is 0 Å². The van der Waals surface area contributed by atoms with Gasteiger partial charge in [-0.25, -0.2) is 0 Å². The van der Waals surface area contributed by atoms with E-state index in [1.807, 2.05) is 36.1 Å². The van der Waals surface area contributed by atoms with Gasteiger partial charge in [0.05, 0.1) is 11.2 Å². The Hall–Kier alpha value is -2.80. The molecule has 1 N–H and O–H groups in total. The number of aryl methyl sites for hydroxylation is 2. The van der Waals surface area contributed by atoms with Crippen LogP contribution in [0.25, 0.3) is 0 Å². The fourth-order valence-electron chi connectivity index (χ4n) is 5.39. The number of rotatable bonds is 12. The maximum absolute atomic E-state index is 12.5. The molecule has 0 atom stereocenters. The zero-order valence-electron chi connectivity index (χ0n) is 26.9. The molecule has 0 aromatic heterocycles. The van der Waals surface area contributed by atoms with E-state index in [2.05, 4.69) is 43.1 Å². The molecule has 2 aromatic rings. The molecular formula is C34H48F2N2O6S2. The topological polar surface area (TPSA) is 118 Å². The molecule has 2 aliphatic heterocycles. The number of hydrogen-bond donors (Lipinski definition) is 1. The van der Waals surface area contributed by atoms with E-state index in [0.29, 0.717) is 36.9 Å². The molecule has 0 spiro atoms. The number of hydrogen-bond acceptors (Lipinski definition) is 8. The smallest absolute Gasteiger partial charge is 0.317 e. The molecule has 4 rings (SSSR count).